The minimum absolute atomic E-state index is 0. The first kappa shape index (κ1) is 21.0. The minimum atomic E-state index is -4.21. The molecule has 0 saturated carbocycles. The number of halogens is 1. The van der Waals surface area contributed by atoms with E-state index in [9.17, 15) is 24.3 Å². The van der Waals surface area contributed by atoms with Gasteiger partial charge >= 0.3 is 18.7 Å². The highest BCUT2D eigenvalue weighted by molar-refractivity contribution is 7.51. The van der Waals surface area contributed by atoms with Gasteiger partial charge in [0.15, 0.2) is 0 Å². The number of hydrogen-bond donors (Lipinski definition) is 5. The number of non-ortho nitro benzene ring substituents is 1. The van der Waals surface area contributed by atoms with Crippen molar-refractivity contribution in [2.75, 3.05) is 6.16 Å². The number of nitrogens with one attached hydrogen (secondary N) is 3. The Balaban J connectivity index is 0.00000312. The molecule has 1 aromatic heterocycles. The Kier molecular flexibility index (Phi) is 6.63. The SMILES string of the molecule is CC(CP(=O)(O)O)NCc1cc([N+](=O)[O-])cc2[nH]c(=O)c(=O)[nH]c12.Cl. The van der Waals surface area contributed by atoms with Crippen LogP contribution in [0, 0.1) is 10.1 Å². The predicted octanol–water partition coefficient (Wildman–Crippen LogP) is 0.202. The summed E-state index contributed by atoms with van der Waals surface area (Å²) in [5.41, 5.74) is -1.51. The summed E-state index contributed by atoms with van der Waals surface area (Å²) >= 11 is 0. The van der Waals surface area contributed by atoms with Gasteiger partial charge in [-0.25, -0.2) is 0 Å². The van der Waals surface area contributed by atoms with E-state index in [4.69, 9.17) is 9.79 Å². The lowest BCUT2D eigenvalue weighted by atomic mass is 10.1. The van der Waals surface area contributed by atoms with Gasteiger partial charge in [0.2, 0.25) is 0 Å². The fraction of sp³-hybridized carbons (Fsp3) is 0.333. The minimum Gasteiger partial charge on any atom is -0.324 e. The van der Waals surface area contributed by atoms with E-state index >= 15 is 0 Å². The highest BCUT2D eigenvalue weighted by Gasteiger charge is 2.19. The zero-order chi connectivity index (χ0) is 18.1. The van der Waals surface area contributed by atoms with E-state index in [1.807, 2.05) is 0 Å². The Morgan fingerprint density at radius 3 is 2.44 bits per heavy atom. The average Bonchev–Trinajstić information content (AvgIpc) is 2.44. The molecule has 0 aliphatic heterocycles. The highest BCUT2D eigenvalue weighted by atomic mass is 35.5. The molecule has 1 atom stereocenters. The summed E-state index contributed by atoms with van der Waals surface area (Å²) in [5, 5.41) is 13.8. The third-order valence-electron chi connectivity index (χ3n) is 3.26. The van der Waals surface area contributed by atoms with E-state index in [1.165, 1.54) is 6.07 Å². The molecule has 0 spiro atoms. The van der Waals surface area contributed by atoms with E-state index in [-0.39, 0.29) is 35.7 Å². The van der Waals surface area contributed by atoms with Crippen molar-refractivity contribution < 1.29 is 19.3 Å². The van der Waals surface area contributed by atoms with E-state index in [1.54, 1.807) is 6.92 Å². The Morgan fingerprint density at radius 1 is 1.28 bits per heavy atom. The monoisotopic (exact) mass is 394 g/mol. The van der Waals surface area contributed by atoms with Crippen molar-refractivity contribution in [1.82, 2.24) is 15.3 Å². The van der Waals surface area contributed by atoms with Crippen molar-refractivity contribution >= 4 is 36.7 Å². The van der Waals surface area contributed by atoms with Crippen LogP contribution >= 0.6 is 20.0 Å². The second kappa shape index (κ2) is 7.89. The van der Waals surface area contributed by atoms with Crippen LogP contribution in [0.15, 0.2) is 21.7 Å². The van der Waals surface area contributed by atoms with Crippen LogP contribution in [-0.2, 0) is 11.1 Å². The molecule has 0 aliphatic rings. The maximum Gasteiger partial charge on any atom is 0.327 e. The summed E-state index contributed by atoms with van der Waals surface area (Å²) in [6, 6.07) is 1.76. The molecule has 25 heavy (non-hydrogen) atoms. The lowest BCUT2D eigenvalue weighted by Gasteiger charge is -2.15. The van der Waals surface area contributed by atoms with Gasteiger partial charge in [-0.15, -0.1) is 12.4 Å². The second-order valence-corrected chi connectivity index (χ2v) is 7.02. The summed E-state index contributed by atoms with van der Waals surface area (Å²) in [6.07, 6.45) is -0.410. The predicted molar refractivity (Wildman–Crippen MR) is 92.3 cm³/mol. The zero-order valence-corrected chi connectivity index (χ0v) is 14.6. The first-order valence-corrected chi connectivity index (χ1v) is 8.58. The summed E-state index contributed by atoms with van der Waals surface area (Å²) in [4.78, 5) is 55.7. The van der Waals surface area contributed by atoms with E-state index in [0.717, 1.165) is 6.07 Å². The standard InChI is InChI=1S/C12H15N4O7P.ClH/c1-6(5-24(21,22)23)13-4-7-2-8(16(19)20)3-9-10(7)15-12(18)11(17)14-9;/h2-3,6,13H,4-5H2,1H3,(H,14,17)(H,15,18)(H2,21,22,23);1H. The van der Waals surface area contributed by atoms with E-state index < -0.39 is 35.8 Å². The molecular formula is C12H16ClN4O7P. The van der Waals surface area contributed by atoms with Gasteiger partial charge in [0.1, 0.15) is 0 Å². The number of rotatable bonds is 6. The molecule has 0 amide bonds. The van der Waals surface area contributed by atoms with Crippen molar-refractivity contribution in [3.63, 3.8) is 0 Å². The Labute approximate surface area is 146 Å². The molecule has 0 fully saturated rings. The van der Waals surface area contributed by atoms with Crippen molar-refractivity contribution in [1.29, 1.82) is 0 Å². The lowest BCUT2D eigenvalue weighted by molar-refractivity contribution is -0.384. The fourth-order valence-electron chi connectivity index (χ4n) is 2.23. The second-order valence-electron chi connectivity index (χ2n) is 5.32. The van der Waals surface area contributed by atoms with Crippen molar-refractivity contribution in [3.8, 4) is 0 Å². The molecule has 1 aromatic carbocycles. The summed E-state index contributed by atoms with van der Waals surface area (Å²) < 4.78 is 11.0. The Morgan fingerprint density at radius 2 is 1.88 bits per heavy atom. The third kappa shape index (κ3) is 5.48. The molecule has 0 bridgehead atoms. The molecule has 13 heteroatoms. The largest absolute Gasteiger partial charge is 0.327 e. The number of nitro groups is 1. The number of aromatic nitrogens is 2. The van der Waals surface area contributed by atoms with Crippen LogP contribution < -0.4 is 16.4 Å². The third-order valence-corrected chi connectivity index (χ3v) is 4.28. The molecule has 138 valence electrons. The smallest absolute Gasteiger partial charge is 0.324 e. The molecule has 1 heterocycles. The maximum absolute atomic E-state index is 11.5. The molecule has 0 radical (unpaired) electrons. The van der Waals surface area contributed by atoms with Crippen molar-refractivity contribution in [3.05, 3.63) is 48.5 Å². The van der Waals surface area contributed by atoms with Gasteiger partial charge in [0.05, 0.1) is 22.1 Å². The molecule has 2 rings (SSSR count). The van der Waals surface area contributed by atoms with Crippen LogP contribution in [0.5, 0.6) is 0 Å². The average molecular weight is 395 g/mol. The number of hydrogen-bond acceptors (Lipinski definition) is 6. The van der Waals surface area contributed by atoms with Gasteiger partial charge < -0.3 is 25.1 Å². The van der Waals surface area contributed by atoms with Gasteiger partial charge in [0, 0.05) is 24.7 Å². The topological polar surface area (TPSA) is 178 Å². The molecule has 1 unspecified atom stereocenters. The molecule has 2 aromatic rings. The van der Waals surface area contributed by atoms with Gasteiger partial charge in [-0.2, -0.15) is 0 Å². The van der Waals surface area contributed by atoms with Crippen molar-refractivity contribution in [2.24, 2.45) is 0 Å². The molecular weight excluding hydrogens is 379 g/mol. The normalized spacial score (nSPS) is 12.6. The number of H-pyrrole nitrogens is 2. The van der Waals surface area contributed by atoms with Gasteiger partial charge in [-0.05, 0) is 12.5 Å². The fourth-order valence-corrected chi connectivity index (χ4v) is 3.07. The van der Waals surface area contributed by atoms with E-state index in [2.05, 4.69) is 15.3 Å². The lowest BCUT2D eigenvalue weighted by Crippen LogP contribution is -2.31. The maximum atomic E-state index is 11.5. The molecule has 11 nitrogen and oxygen atoms in total. The van der Waals surface area contributed by atoms with Crippen LogP contribution in [0.2, 0.25) is 0 Å². The number of fused-ring (bicyclic) bond motifs is 1. The van der Waals surface area contributed by atoms with Crippen LogP contribution in [-0.4, -0.2) is 36.9 Å². The van der Waals surface area contributed by atoms with Crippen molar-refractivity contribution in [2.45, 2.75) is 19.5 Å². The first-order valence-electron chi connectivity index (χ1n) is 6.78. The summed E-state index contributed by atoms with van der Waals surface area (Å²) in [7, 11) is -4.21. The summed E-state index contributed by atoms with van der Waals surface area (Å²) in [6.45, 7) is 1.55. The Hall–Kier alpha value is -2.04. The molecule has 5 N–H and O–H groups in total. The number of benzene rings is 1. The number of aromatic amines is 2. The highest BCUT2D eigenvalue weighted by Crippen LogP contribution is 2.34. The number of nitro benzene ring substituents is 1. The van der Waals surface area contributed by atoms with Gasteiger partial charge in [0.25, 0.3) is 5.69 Å². The zero-order valence-electron chi connectivity index (χ0n) is 12.9. The first-order chi connectivity index (χ1) is 11.1. The van der Waals surface area contributed by atoms with E-state index in [0.29, 0.717) is 5.56 Å². The van der Waals surface area contributed by atoms with Gasteiger partial charge in [-0.1, -0.05) is 0 Å². The van der Waals surface area contributed by atoms with Crippen LogP contribution in [0.25, 0.3) is 11.0 Å². The van der Waals surface area contributed by atoms with Gasteiger partial charge in [-0.3, -0.25) is 24.3 Å². The Bertz CT molecular complexity index is 951. The quantitative estimate of drug-likeness (QED) is 0.199. The summed E-state index contributed by atoms with van der Waals surface area (Å²) in [5.74, 6) is 0. The van der Waals surface area contributed by atoms with Crippen LogP contribution in [0.1, 0.15) is 12.5 Å². The molecule has 0 saturated heterocycles. The molecule has 0 aliphatic carbocycles. The van der Waals surface area contributed by atoms with Crippen LogP contribution in [0.4, 0.5) is 5.69 Å². The van der Waals surface area contributed by atoms with Crippen LogP contribution in [0.3, 0.4) is 0 Å². The number of nitrogens with zero attached hydrogens (tertiary/aromatic N) is 1.